The highest BCUT2D eigenvalue weighted by molar-refractivity contribution is 7.94. The molecule has 0 heterocycles. The van der Waals surface area contributed by atoms with Crippen LogP contribution >= 0.6 is 0 Å². The Bertz CT molecular complexity index is 410. The molecular weight excluding hydrogens is 240 g/mol. The lowest BCUT2D eigenvalue weighted by molar-refractivity contribution is 0.0843. The van der Waals surface area contributed by atoms with Crippen LogP contribution in [0.3, 0.4) is 0 Å². The molecule has 1 unspecified atom stereocenters. The lowest BCUT2D eigenvalue weighted by atomic mass is 9.89. The van der Waals surface area contributed by atoms with Gasteiger partial charge in [0.1, 0.15) is 4.75 Å². The number of aliphatic hydroxyl groups is 2. The van der Waals surface area contributed by atoms with Gasteiger partial charge in [0.2, 0.25) is 0 Å². The summed E-state index contributed by atoms with van der Waals surface area (Å²) in [5, 5.41) is 18.9. The topological polar surface area (TPSA) is 74.6 Å². The molecule has 2 N–H and O–H groups in total. The Kier molecular flexibility index (Phi) is 2.70. The van der Waals surface area contributed by atoms with Crippen LogP contribution in [0.5, 0.6) is 0 Å². The molecule has 0 radical (unpaired) electrons. The molecule has 0 bridgehead atoms. The Labute approximate surface area is 103 Å². The van der Waals surface area contributed by atoms with E-state index in [0.717, 1.165) is 0 Å². The van der Waals surface area contributed by atoms with Crippen LogP contribution in [0.1, 0.15) is 46.5 Å². The van der Waals surface area contributed by atoms with Crippen molar-refractivity contribution in [3.63, 3.8) is 0 Å². The van der Waals surface area contributed by atoms with Crippen molar-refractivity contribution in [3.05, 3.63) is 0 Å². The van der Waals surface area contributed by atoms with Crippen LogP contribution in [0, 0.1) is 5.41 Å². The summed E-state index contributed by atoms with van der Waals surface area (Å²) >= 11 is 0. The maximum atomic E-state index is 12.8. The van der Waals surface area contributed by atoms with Crippen molar-refractivity contribution in [2.24, 2.45) is 5.41 Å². The van der Waals surface area contributed by atoms with Gasteiger partial charge in [-0.25, -0.2) is 8.42 Å². The summed E-state index contributed by atoms with van der Waals surface area (Å²) in [6.07, 6.45) is 1.19. The number of aliphatic hydroxyl groups excluding tert-OH is 2. The molecule has 0 aromatic heterocycles. The summed E-state index contributed by atoms with van der Waals surface area (Å²) in [6.45, 7) is 5.36. The van der Waals surface area contributed by atoms with E-state index in [4.69, 9.17) is 5.11 Å². The summed E-state index contributed by atoms with van der Waals surface area (Å²) < 4.78 is 23.8. The number of hydrogen-bond acceptors (Lipinski definition) is 4. The smallest absolute Gasteiger partial charge is 0.164 e. The fraction of sp³-hybridized carbons (Fsp3) is 1.00. The van der Waals surface area contributed by atoms with Crippen LogP contribution in [-0.2, 0) is 9.84 Å². The highest BCUT2D eigenvalue weighted by Gasteiger charge is 2.72. The summed E-state index contributed by atoms with van der Waals surface area (Å²) in [5.74, 6) is 0. The molecule has 0 spiro atoms. The predicted octanol–water partition coefficient (Wildman–Crippen LogP) is 0.866. The normalized spacial score (nSPS) is 27.6. The average molecular weight is 262 g/mol. The minimum atomic E-state index is -3.39. The van der Waals surface area contributed by atoms with Gasteiger partial charge in [-0.3, -0.25) is 0 Å². The first kappa shape index (κ1) is 13.3. The van der Waals surface area contributed by atoms with Gasteiger partial charge in [0.05, 0.1) is 17.5 Å². The number of rotatable bonds is 4. The fourth-order valence-corrected chi connectivity index (χ4v) is 6.29. The van der Waals surface area contributed by atoms with Crippen LogP contribution in [0.2, 0.25) is 0 Å². The molecule has 100 valence electrons. The zero-order valence-electron chi connectivity index (χ0n) is 10.7. The molecule has 4 nitrogen and oxygen atoms in total. The largest absolute Gasteiger partial charge is 0.394 e. The predicted molar refractivity (Wildman–Crippen MR) is 65.4 cm³/mol. The third-order valence-corrected chi connectivity index (χ3v) is 8.44. The minimum Gasteiger partial charge on any atom is -0.394 e. The van der Waals surface area contributed by atoms with E-state index in [1.165, 1.54) is 0 Å². The SMILES string of the molecule is CC(C)(C)C1(S(=O)(=O)C2(C(O)CO)CC2)CC1. The van der Waals surface area contributed by atoms with Crippen LogP contribution in [-0.4, -0.2) is 40.8 Å². The van der Waals surface area contributed by atoms with Crippen LogP contribution in [0.25, 0.3) is 0 Å². The summed E-state index contributed by atoms with van der Waals surface area (Å²) in [7, 11) is -3.39. The third-order valence-electron chi connectivity index (χ3n) is 4.64. The molecule has 2 aliphatic carbocycles. The standard InChI is InChI=1S/C12H22O4S/c1-10(2,3)12(6-7-12)17(15,16)11(4-5-11)9(14)8-13/h9,13-14H,4-8H2,1-3H3. The van der Waals surface area contributed by atoms with Gasteiger partial charge in [-0.2, -0.15) is 0 Å². The molecule has 1 atom stereocenters. The second-order valence-corrected chi connectivity index (χ2v) is 9.11. The maximum Gasteiger partial charge on any atom is 0.164 e. The van der Waals surface area contributed by atoms with Crippen LogP contribution in [0.15, 0.2) is 0 Å². The van der Waals surface area contributed by atoms with Crippen molar-refractivity contribution in [1.29, 1.82) is 0 Å². The van der Waals surface area contributed by atoms with E-state index in [1.807, 2.05) is 20.8 Å². The first-order valence-corrected chi connectivity index (χ1v) is 7.66. The zero-order chi connectivity index (χ0) is 13.1. The van der Waals surface area contributed by atoms with Crippen molar-refractivity contribution in [1.82, 2.24) is 0 Å². The lowest BCUT2D eigenvalue weighted by Crippen LogP contribution is -2.49. The highest BCUT2D eigenvalue weighted by atomic mass is 32.2. The van der Waals surface area contributed by atoms with E-state index in [1.54, 1.807) is 0 Å². The molecule has 2 fully saturated rings. The van der Waals surface area contributed by atoms with Crippen molar-refractivity contribution in [3.8, 4) is 0 Å². The molecule has 0 aliphatic heterocycles. The summed E-state index contributed by atoms with van der Waals surface area (Å²) in [5.41, 5.74) is -0.309. The molecule has 17 heavy (non-hydrogen) atoms. The molecule has 2 saturated carbocycles. The Morgan fingerprint density at radius 2 is 1.65 bits per heavy atom. The first-order valence-electron chi connectivity index (χ1n) is 6.18. The van der Waals surface area contributed by atoms with Gasteiger partial charge in [0.15, 0.2) is 9.84 Å². The molecule has 2 aliphatic rings. The molecule has 0 aromatic rings. The first-order chi connectivity index (χ1) is 7.65. The summed E-state index contributed by atoms with van der Waals surface area (Å²) in [4.78, 5) is 0. The van der Waals surface area contributed by atoms with Crippen molar-refractivity contribution in [2.45, 2.75) is 62.1 Å². The molecule has 0 aromatic carbocycles. The Morgan fingerprint density at radius 3 is 1.88 bits per heavy atom. The molecule has 0 amide bonds. The van der Waals surface area contributed by atoms with Gasteiger partial charge in [0.25, 0.3) is 0 Å². The monoisotopic (exact) mass is 262 g/mol. The Morgan fingerprint density at radius 1 is 1.18 bits per heavy atom. The third kappa shape index (κ3) is 1.52. The second kappa shape index (κ2) is 3.45. The van der Waals surface area contributed by atoms with Gasteiger partial charge in [-0.05, 0) is 31.1 Å². The molecule has 5 heteroatoms. The molecule has 0 saturated heterocycles. The molecular formula is C12H22O4S. The van der Waals surface area contributed by atoms with E-state index >= 15 is 0 Å². The summed E-state index contributed by atoms with van der Waals surface area (Å²) in [6, 6.07) is 0. The van der Waals surface area contributed by atoms with E-state index in [0.29, 0.717) is 25.7 Å². The van der Waals surface area contributed by atoms with Crippen molar-refractivity contribution < 1.29 is 18.6 Å². The fourth-order valence-electron chi connectivity index (χ4n) is 3.00. The van der Waals surface area contributed by atoms with Gasteiger partial charge in [-0.1, -0.05) is 20.8 Å². The number of sulfone groups is 1. The number of hydrogen-bond donors (Lipinski definition) is 2. The molecule has 2 rings (SSSR count). The zero-order valence-corrected chi connectivity index (χ0v) is 11.5. The van der Waals surface area contributed by atoms with Crippen molar-refractivity contribution in [2.75, 3.05) is 6.61 Å². The lowest BCUT2D eigenvalue weighted by Gasteiger charge is -2.35. The van der Waals surface area contributed by atoms with Crippen LogP contribution < -0.4 is 0 Å². The maximum absolute atomic E-state index is 12.8. The highest BCUT2D eigenvalue weighted by Crippen LogP contribution is 2.63. The Hall–Kier alpha value is -0.130. The van der Waals surface area contributed by atoms with Crippen molar-refractivity contribution >= 4 is 9.84 Å². The van der Waals surface area contributed by atoms with E-state index in [2.05, 4.69) is 0 Å². The Balaban J connectivity index is 2.40. The van der Waals surface area contributed by atoms with Gasteiger partial charge in [0, 0.05) is 0 Å². The van der Waals surface area contributed by atoms with E-state index in [9.17, 15) is 13.5 Å². The average Bonchev–Trinajstić information content (AvgIpc) is 3.03. The minimum absolute atomic E-state index is 0.309. The van der Waals surface area contributed by atoms with Crippen LogP contribution in [0.4, 0.5) is 0 Å². The van der Waals surface area contributed by atoms with Gasteiger partial charge in [-0.15, -0.1) is 0 Å². The quantitative estimate of drug-likeness (QED) is 0.788. The van der Waals surface area contributed by atoms with Gasteiger partial charge >= 0.3 is 0 Å². The van der Waals surface area contributed by atoms with E-state index < -0.39 is 32.0 Å². The second-order valence-electron chi connectivity index (χ2n) is 6.51. The van der Waals surface area contributed by atoms with E-state index in [-0.39, 0.29) is 5.41 Å². The van der Waals surface area contributed by atoms with Gasteiger partial charge < -0.3 is 10.2 Å².